The van der Waals surface area contributed by atoms with Crippen molar-refractivity contribution in [2.45, 2.75) is 19.4 Å². The van der Waals surface area contributed by atoms with Crippen LogP contribution in [0.15, 0.2) is 60.7 Å². The van der Waals surface area contributed by atoms with E-state index in [2.05, 4.69) is 50.7 Å². The molecule has 1 saturated heterocycles. The van der Waals surface area contributed by atoms with Crippen LogP contribution in [0, 0.1) is 11.8 Å². The molecule has 6 heteroatoms. The summed E-state index contributed by atoms with van der Waals surface area (Å²) < 4.78 is 2.03. The van der Waals surface area contributed by atoms with E-state index in [1.54, 1.807) is 0 Å². The molecule has 1 N–H and O–H groups in total. The summed E-state index contributed by atoms with van der Waals surface area (Å²) in [5.74, 6) is 2.33. The van der Waals surface area contributed by atoms with Crippen LogP contribution in [0.3, 0.4) is 0 Å². The van der Waals surface area contributed by atoms with Gasteiger partial charge in [-0.1, -0.05) is 48.5 Å². The zero-order valence-electron chi connectivity index (χ0n) is 16.4. The van der Waals surface area contributed by atoms with Crippen LogP contribution in [0.4, 0.5) is 5.69 Å². The fourth-order valence-corrected chi connectivity index (χ4v) is 4.61. The van der Waals surface area contributed by atoms with Crippen molar-refractivity contribution in [3.63, 3.8) is 0 Å². The van der Waals surface area contributed by atoms with E-state index < -0.39 is 0 Å². The predicted molar refractivity (Wildman–Crippen MR) is 112 cm³/mol. The number of nitrogens with zero attached hydrogens (tertiary/aromatic N) is 4. The molecule has 0 spiro atoms. The largest absolute Gasteiger partial charge is 0.319 e. The first kappa shape index (κ1) is 18.1. The molecule has 1 aromatic heterocycles. The van der Waals surface area contributed by atoms with E-state index >= 15 is 0 Å². The minimum absolute atomic E-state index is 0.188. The molecule has 0 radical (unpaired) electrons. The maximum absolute atomic E-state index is 12.7. The molecular weight excluding hydrogens is 362 g/mol. The Balaban J connectivity index is 1.24. The summed E-state index contributed by atoms with van der Waals surface area (Å²) in [5.41, 5.74) is 2.16. The third kappa shape index (κ3) is 3.80. The Kier molecular flexibility index (Phi) is 4.86. The molecule has 2 aromatic carbocycles. The molecule has 5 rings (SSSR count). The van der Waals surface area contributed by atoms with E-state index in [0.717, 1.165) is 50.5 Å². The number of fused-ring (bicyclic) bond motifs is 2. The van der Waals surface area contributed by atoms with E-state index in [1.807, 2.05) is 34.9 Å². The Hall–Kier alpha value is -2.99. The van der Waals surface area contributed by atoms with Crippen LogP contribution in [0.2, 0.25) is 0 Å². The lowest BCUT2D eigenvalue weighted by atomic mass is 9.89. The van der Waals surface area contributed by atoms with Crippen LogP contribution in [-0.2, 0) is 19.4 Å². The number of rotatable bonds is 5. The number of hydrogen-bond acceptors (Lipinski definition) is 4. The first-order chi connectivity index (χ1) is 14.3. The number of carbonyl (C=O) groups is 1. The number of para-hydroxylation sites is 1. The molecular formula is C23H25N5O. The van der Waals surface area contributed by atoms with E-state index in [4.69, 9.17) is 0 Å². The lowest BCUT2D eigenvalue weighted by molar-refractivity contribution is 0.100. The van der Waals surface area contributed by atoms with E-state index in [9.17, 15) is 4.79 Å². The highest BCUT2D eigenvalue weighted by Crippen LogP contribution is 2.32. The molecule has 3 aromatic rings. The molecule has 0 unspecified atom stereocenters. The van der Waals surface area contributed by atoms with Crippen molar-refractivity contribution in [3.05, 3.63) is 77.9 Å². The van der Waals surface area contributed by atoms with Crippen molar-refractivity contribution < 1.29 is 4.79 Å². The number of amides is 1. The standard InChI is InChI=1S/C23H25N5O/c29-23(24-20-9-5-2-6-10-20)22-26-25-21-13-18-14-27(15-19(18)16-28(21)22)12-11-17-7-3-1-4-8-17/h1-10,18-19H,11-16H2,(H,24,29)/t18-,19-/m0/s1. The van der Waals surface area contributed by atoms with Crippen molar-refractivity contribution in [1.29, 1.82) is 0 Å². The van der Waals surface area contributed by atoms with Gasteiger partial charge in [0.2, 0.25) is 5.82 Å². The maximum Gasteiger partial charge on any atom is 0.293 e. The Morgan fingerprint density at radius 3 is 2.45 bits per heavy atom. The third-order valence-electron chi connectivity index (χ3n) is 6.14. The number of carbonyl (C=O) groups excluding carboxylic acids is 1. The van der Waals surface area contributed by atoms with Crippen molar-refractivity contribution in [2.24, 2.45) is 11.8 Å². The quantitative estimate of drug-likeness (QED) is 0.731. The summed E-state index contributed by atoms with van der Waals surface area (Å²) in [6.45, 7) is 4.09. The normalized spacial score (nSPS) is 20.8. The fraction of sp³-hybridized carbons (Fsp3) is 0.348. The topological polar surface area (TPSA) is 63.1 Å². The van der Waals surface area contributed by atoms with Gasteiger partial charge in [0.25, 0.3) is 5.91 Å². The van der Waals surface area contributed by atoms with Gasteiger partial charge < -0.3 is 14.8 Å². The number of aromatic nitrogens is 3. The van der Waals surface area contributed by atoms with Crippen LogP contribution in [0.25, 0.3) is 0 Å². The van der Waals surface area contributed by atoms with Gasteiger partial charge in [-0.25, -0.2) is 0 Å². The number of likely N-dealkylation sites (tertiary alicyclic amines) is 1. The highest BCUT2D eigenvalue weighted by molar-refractivity contribution is 6.01. The van der Waals surface area contributed by atoms with E-state index in [0.29, 0.717) is 17.7 Å². The molecule has 2 aliphatic rings. The van der Waals surface area contributed by atoms with Gasteiger partial charge in [-0.2, -0.15) is 0 Å². The van der Waals surface area contributed by atoms with Crippen molar-refractivity contribution in [3.8, 4) is 0 Å². The molecule has 3 heterocycles. The second-order valence-corrected chi connectivity index (χ2v) is 8.09. The molecule has 0 saturated carbocycles. The minimum Gasteiger partial charge on any atom is -0.319 e. The molecule has 1 fully saturated rings. The highest BCUT2D eigenvalue weighted by Gasteiger charge is 2.38. The number of benzene rings is 2. The SMILES string of the molecule is O=C(Nc1ccccc1)c1nnc2n1C[C@@H]1CN(CCc3ccccc3)C[C@@H]1C2. The van der Waals surface area contributed by atoms with Gasteiger partial charge in [0, 0.05) is 38.3 Å². The Morgan fingerprint density at radius 1 is 0.931 bits per heavy atom. The summed E-state index contributed by atoms with van der Waals surface area (Å²) in [5, 5.41) is 11.5. The number of anilines is 1. The Bertz CT molecular complexity index is 985. The molecule has 1 amide bonds. The first-order valence-electron chi connectivity index (χ1n) is 10.3. The van der Waals surface area contributed by atoms with Crippen LogP contribution in [0.1, 0.15) is 22.0 Å². The molecule has 2 atom stereocenters. The van der Waals surface area contributed by atoms with Gasteiger partial charge in [0.05, 0.1) is 0 Å². The maximum atomic E-state index is 12.7. The zero-order chi connectivity index (χ0) is 19.6. The van der Waals surface area contributed by atoms with Crippen LogP contribution >= 0.6 is 0 Å². The first-order valence-corrected chi connectivity index (χ1v) is 10.3. The van der Waals surface area contributed by atoms with Crippen molar-refractivity contribution in [1.82, 2.24) is 19.7 Å². The van der Waals surface area contributed by atoms with Gasteiger partial charge in [0.1, 0.15) is 5.82 Å². The van der Waals surface area contributed by atoms with Crippen molar-refractivity contribution in [2.75, 3.05) is 25.0 Å². The molecule has 148 valence electrons. The van der Waals surface area contributed by atoms with Crippen LogP contribution in [0.5, 0.6) is 0 Å². The van der Waals surface area contributed by atoms with Gasteiger partial charge in [-0.05, 0) is 36.0 Å². The molecule has 2 aliphatic heterocycles. The Labute approximate surface area is 170 Å². The number of hydrogen-bond donors (Lipinski definition) is 1. The Morgan fingerprint density at radius 2 is 1.66 bits per heavy atom. The summed E-state index contributed by atoms with van der Waals surface area (Å²) in [7, 11) is 0. The van der Waals surface area contributed by atoms with Crippen LogP contribution < -0.4 is 5.32 Å². The fourth-order valence-electron chi connectivity index (χ4n) is 4.61. The third-order valence-corrected chi connectivity index (χ3v) is 6.14. The van der Waals surface area contributed by atoms with Crippen LogP contribution in [-0.4, -0.2) is 45.2 Å². The van der Waals surface area contributed by atoms with Gasteiger partial charge in [0.15, 0.2) is 0 Å². The predicted octanol–water partition coefficient (Wildman–Crippen LogP) is 2.88. The van der Waals surface area contributed by atoms with E-state index in [-0.39, 0.29) is 5.91 Å². The summed E-state index contributed by atoms with van der Waals surface area (Å²) >= 11 is 0. The van der Waals surface area contributed by atoms with Gasteiger partial charge in [-0.15, -0.1) is 10.2 Å². The molecule has 6 nitrogen and oxygen atoms in total. The second kappa shape index (κ2) is 7.79. The highest BCUT2D eigenvalue weighted by atomic mass is 16.2. The number of nitrogens with one attached hydrogen (secondary N) is 1. The summed E-state index contributed by atoms with van der Waals surface area (Å²) in [6, 6.07) is 20.2. The van der Waals surface area contributed by atoms with Crippen molar-refractivity contribution >= 4 is 11.6 Å². The molecule has 29 heavy (non-hydrogen) atoms. The lowest BCUT2D eigenvalue weighted by Crippen LogP contribution is -2.31. The summed E-state index contributed by atoms with van der Waals surface area (Å²) in [4.78, 5) is 15.3. The average molecular weight is 387 g/mol. The smallest absolute Gasteiger partial charge is 0.293 e. The van der Waals surface area contributed by atoms with Gasteiger partial charge in [-0.3, -0.25) is 4.79 Å². The molecule has 0 aliphatic carbocycles. The minimum atomic E-state index is -0.188. The molecule has 0 bridgehead atoms. The second-order valence-electron chi connectivity index (χ2n) is 8.09. The van der Waals surface area contributed by atoms with Gasteiger partial charge >= 0.3 is 0 Å². The zero-order valence-corrected chi connectivity index (χ0v) is 16.4. The monoisotopic (exact) mass is 387 g/mol. The summed E-state index contributed by atoms with van der Waals surface area (Å²) in [6.07, 6.45) is 1.98. The lowest BCUT2D eigenvalue weighted by Gasteiger charge is -2.25. The van der Waals surface area contributed by atoms with E-state index in [1.165, 1.54) is 5.56 Å². The average Bonchev–Trinajstić information content (AvgIpc) is 3.35.